The maximum atomic E-state index is 12.6. The predicted molar refractivity (Wildman–Crippen MR) is 73.1 cm³/mol. The summed E-state index contributed by atoms with van der Waals surface area (Å²) in [7, 11) is 1.45. The van der Waals surface area contributed by atoms with E-state index in [0.29, 0.717) is 23.5 Å². The van der Waals surface area contributed by atoms with Crippen LogP contribution in [0.3, 0.4) is 0 Å². The highest BCUT2D eigenvalue weighted by atomic mass is 19.4. The van der Waals surface area contributed by atoms with Gasteiger partial charge in [0.2, 0.25) is 0 Å². The fraction of sp³-hybridized carbons (Fsp3) is 0.286. The van der Waals surface area contributed by atoms with Crippen LogP contribution in [0, 0.1) is 0 Å². The van der Waals surface area contributed by atoms with E-state index in [1.165, 1.54) is 11.7 Å². The Morgan fingerprint density at radius 2 is 2.18 bits per heavy atom. The Morgan fingerprint density at radius 1 is 1.41 bits per heavy atom. The van der Waals surface area contributed by atoms with Crippen molar-refractivity contribution in [2.24, 2.45) is 7.05 Å². The standard InChI is InChI=1S/C14H13F3N4O/c1-21-9(5-11(20-21)14(15,16)17)7-18-10-4-2-3-8-6-19-13(22)12(8)10/h2-5,18H,6-7H2,1H3,(H,19,22). The first-order valence-electron chi connectivity index (χ1n) is 6.60. The van der Waals surface area contributed by atoms with Crippen molar-refractivity contribution in [3.8, 4) is 0 Å². The maximum absolute atomic E-state index is 12.6. The van der Waals surface area contributed by atoms with Gasteiger partial charge < -0.3 is 10.6 Å². The van der Waals surface area contributed by atoms with Crippen LogP contribution in [0.4, 0.5) is 18.9 Å². The summed E-state index contributed by atoms with van der Waals surface area (Å²) in [5, 5.41) is 9.18. The second-order valence-electron chi connectivity index (χ2n) is 5.02. The van der Waals surface area contributed by atoms with Crippen molar-refractivity contribution in [3.63, 3.8) is 0 Å². The molecule has 2 heterocycles. The molecule has 5 nitrogen and oxygen atoms in total. The lowest BCUT2D eigenvalue weighted by Crippen LogP contribution is -2.14. The van der Waals surface area contributed by atoms with Gasteiger partial charge in [-0.1, -0.05) is 12.1 Å². The number of aryl methyl sites for hydroxylation is 1. The Labute approximate surface area is 124 Å². The molecule has 0 unspecified atom stereocenters. The highest BCUT2D eigenvalue weighted by molar-refractivity contribution is 6.03. The van der Waals surface area contributed by atoms with E-state index < -0.39 is 11.9 Å². The first-order valence-corrected chi connectivity index (χ1v) is 6.60. The number of benzene rings is 1. The van der Waals surface area contributed by atoms with Gasteiger partial charge in [-0.2, -0.15) is 18.3 Å². The van der Waals surface area contributed by atoms with Crippen LogP contribution in [0.25, 0.3) is 0 Å². The van der Waals surface area contributed by atoms with Gasteiger partial charge in [-0.25, -0.2) is 0 Å². The zero-order chi connectivity index (χ0) is 15.9. The second kappa shape index (κ2) is 5.04. The lowest BCUT2D eigenvalue weighted by Gasteiger charge is -2.09. The summed E-state index contributed by atoms with van der Waals surface area (Å²) < 4.78 is 39.1. The van der Waals surface area contributed by atoms with Gasteiger partial charge in [0.15, 0.2) is 5.69 Å². The average Bonchev–Trinajstić information content (AvgIpc) is 3.01. The molecule has 0 fully saturated rings. The molecule has 2 aromatic rings. The molecule has 0 spiro atoms. The maximum Gasteiger partial charge on any atom is 0.435 e. The van der Waals surface area contributed by atoms with E-state index in [9.17, 15) is 18.0 Å². The number of fused-ring (bicyclic) bond motifs is 1. The van der Waals surface area contributed by atoms with Gasteiger partial charge in [0.25, 0.3) is 5.91 Å². The highest BCUT2D eigenvalue weighted by Gasteiger charge is 2.34. The quantitative estimate of drug-likeness (QED) is 0.914. The molecule has 1 aromatic carbocycles. The Kier molecular flexibility index (Phi) is 3.31. The number of halogens is 3. The Morgan fingerprint density at radius 3 is 2.86 bits per heavy atom. The molecule has 22 heavy (non-hydrogen) atoms. The summed E-state index contributed by atoms with van der Waals surface area (Å²) in [6.07, 6.45) is -4.47. The molecule has 0 atom stereocenters. The topological polar surface area (TPSA) is 59.0 Å². The van der Waals surface area contributed by atoms with Crippen molar-refractivity contribution in [3.05, 3.63) is 46.8 Å². The zero-order valence-electron chi connectivity index (χ0n) is 11.7. The fourth-order valence-electron chi connectivity index (χ4n) is 2.42. The molecule has 0 saturated carbocycles. The molecule has 0 bridgehead atoms. The van der Waals surface area contributed by atoms with Crippen LogP contribution in [0.15, 0.2) is 24.3 Å². The summed E-state index contributed by atoms with van der Waals surface area (Å²) >= 11 is 0. The van der Waals surface area contributed by atoms with Gasteiger partial charge in [0.1, 0.15) is 0 Å². The number of rotatable bonds is 3. The smallest absolute Gasteiger partial charge is 0.379 e. The van der Waals surface area contributed by atoms with Crippen molar-refractivity contribution in [1.82, 2.24) is 15.1 Å². The third kappa shape index (κ3) is 2.51. The summed E-state index contributed by atoms with van der Waals surface area (Å²) in [5.41, 5.74) is 1.46. The number of hydrogen-bond acceptors (Lipinski definition) is 3. The molecule has 1 amide bonds. The number of carbonyl (C=O) groups excluding carboxylic acids is 1. The monoisotopic (exact) mass is 310 g/mol. The lowest BCUT2D eigenvalue weighted by atomic mass is 10.1. The first-order chi connectivity index (χ1) is 10.4. The molecular formula is C14H13F3N4O. The third-order valence-electron chi connectivity index (χ3n) is 3.54. The van der Waals surface area contributed by atoms with Crippen LogP contribution in [0.5, 0.6) is 0 Å². The van der Waals surface area contributed by atoms with E-state index in [4.69, 9.17) is 0 Å². The molecule has 0 aliphatic carbocycles. The number of nitrogens with zero attached hydrogens (tertiary/aromatic N) is 2. The van der Waals surface area contributed by atoms with E-state index in [-0.39, 0.29) is 12.5 Å². The number of amides is 1. The predicted octanol–water partition coefficient (Wildman–Crippen LogP) is 2.29. The second-order valence-corrected chi connectivity index (χ2v) is 5.02. The van der Waals surface area contributed by atoms with Gasteiger partial charge in [0.05, 0.1) is 17.8 Å². The van der Waals surface area contributed by atoms with Crippen LogP contribution in [0.1, 0.15) is 27.3 Å². The number of nitrogens with one attached hydrogen (secondary N) is 2. The van der Waals surface area contributed by atoms with Crippen molar-refractivity contribution >= 4 is 11.6 Å². The van der Waals surface area contributed by atoms with Crippen molar-refractivity contribution in [2.75, 3.05) is 5.32 Å². The van der Waals surface area contributed by atoms with E-state index in [1.807, 2.05) is 6.07 Å². The minimum Gasteiger partial charge on any atom is -0.379 e. The summed E-state index contributed by atoms with van der Waals surface area (Å²) in [6.45, 7) is 0.608. The zero-order valence-corrected chi connectivity index (χ0v) is 11.7. The van der Waals surface area contributed by atoms with Gasteiger partial charge in [-0.3, -0.25) is 9.48 Å². The Hall–Kier alpha value is -2.51. The molecule has 1 aromatic heterocycles. The van der Waals surface area contributed by atoms with Crippen LogP contribution >= 0.6 is 0 Å². The van der Waals surface area contributed by atoms with Crippen molar-refractivity contribution in [2.45, 2.75) is 19.3 Å². The molecule has 0 saturated heterocycles. The average molecular weight is 310 g/mol. The summed E-state index contributed by atoms with van der Waals surface area (Å²) in [5.74, 6) is -0.181. The Balaban J connectivity index is 1.81. The van der Waals surface area contributed by atoms with E-state index >= 15 is 0 Å². The van der Waals surface area contributed by atoms with Gasteiger partial charge in [-0.05, 0) is 17.7 Å². The largest absolute Gasteiger partial charge is 0.435 e. The number of anilines is 1. The van der Waals surface area contributed by atoms with Gasteiger partial charge in [-0.15, -0.1) is 0 Å². The van der Waals surface area contributed by atoms with Crippen LogP contribution < -0.4 is 10.6 Å². The summed E-state index contributed by atoms with van der Waals surface area (Å²) in [4.78, 5) is 11.8. The number of alkyl halides is 3. The van der Waals surface area contributed by atoms with Gasteiger partial charge >= 0.3 is 6.18 Å². The molecular weight excluding hydrogens is 297 g/mol. The molecule has 3 rings (SSSR count). The minimum absolute atomic E-state index is 0.142. The Bertz CT molecular complexity index is 736. The molecule has 2 N–H and O–H groups in total. The summed E-state index contributed by atoms with van der Waals surface area (Å²) in [6, 6.07) is 6.36. The highest BCUT2D eigenvalue weighted by Crippen LogP contribution is 2.29. The third-order valence-corrected chi connectivity index (χ3v) is 3.54. The van der Waals surface area contributed by atoms with E-state index in [2.05, 4.69) is 15.7 Å². The fourth-order valence-corrected chi connectivity index (χ4v) is 2.42. The van der Waals surface area contributed by atoms with Gasteiger partial charge in [0, 0.05) is 19.3 Å². The van der Waals surface area contributed by atoms with E-state index in [0.717, 1.165) is 11.6 Å². The number of hydrogen-bond donors (Lipinski definition) is 2. The van der Waals surface area contributed by atoms with Crippen LogP contribution in [-0.4, -0.2) is 15.7 Å². The number of carbonyl (C=O) groups is 1. The normalized spacial score (nSPS) is 13.9. The minimum atomic E-state index is -4.47. The lowest BCUT2D eigenvalue weighted by molar-refractivity contribution is -0.141. The molecule has 0 radical (unpaired) electrons. The van der Waals surface area contributed by atoms with E-state index in [1.54, 1.807) is 12.1 Å². The molecule has 116 valence electrons. The van der Waals surface area contributed by atoms with Crippen molar-refractivity contribution in [1.29, 1.82) is 0 Å². The molecule has 8 heteroatoms. The van der Waals surface area contributed by atoms with Crippen LogP contribution in [0.2, 0.25) is 0 Å². The van der Waals surface area contributed by atoms with Crippen molar-refractivity contribution < 1.29 is 18.0 Å². The molecule has 1 aliphatic heterocycles. The number of aromatic nitrogens is 2. The first kappa shape index (κ1) is 14.4. The SMILES string of the molecule is Cn1nc(C(F)(F)F)cc1CNc1cccc2c1C(=O)NC2. The molecule has 1 aliphatic rings. The van der Waals surface area contributed by atoms with Crippen LogP contribution in [-0.2, 0) is 26.3 Å².